The van der Waals surface area contributed by atoms with Crippen molar-refractivity contribution >= 4 is 23.6 Å². The van der Waals surface area contributed by atoms with E-state index < -0.39 is 0 Å². The van der Waals surface area contributed by atoms with Gasteiger partial charge in [-0.25, -0.2) is 0 Å². The van der Waals surface area contributed by atoms with Crippen LogP contribution in [0.1, 0.15) is 27.9 Å². The van der Waals surface area contributed by atoms with Crippen molar-refractivity contribution < 1.29 is 9.59 Å². The molecule has 0 saturated carbocycles. The molecule has 2 aliphatic rings. The lowest BCUT2D eigenvalue weighted by Crippen LogP contribution is -2.42. The molecular weight excluding hydrogens is 322 g/mol. The highest BCUT2D eigenvalue weighted by atomic mass is 32.2. The maximum atomic E-state index is 12.4. The zero-order chi connectivity index (χ0) is 17.1. The Kier molecular flexibility index (Phi) is 5.46. The van der Waals surface area contributed by atoms with Crippen LogP contribution >= 0.6 is 11.8 Å². The Morgan fingerprint density at radius 1 is 1.33 bits per heavy atom. The number of amides is 2. The summed E-state index contributed by atoms with van der Waals surface area (Å²) in [4.78, 5) is 26.6. The lowest BCUT2D eigenvalue weighted by atomic mass is 10.0. The van der Waals surface area contributed by atoms with Gasteiger partial charge in [-0.15, -0.1) is 11.8 Å². The maximum Gasteiger partial charge on any atom is 0.251 e. The SMILES string of the molecule is Cc1ccc(C(=O)NCC2CN[C@H](C(=O)N3CCSC3)C2)cc1C. The molecule has 3 rings (SSSR count). The predicted molar refractivity (Wildman–Crippen MR) is 97.2 cm³/mol. The molecular formula is C18H25N3O2S. The molecule has 24 heavy (non-hydrogen) atoms. The van der Waals surface area contributed by atoms with E-state index in [2.05, 4.69) is 10.6 Å². The van der Waals surface area contributed by atoms with Crippen LogP contribution in [0.5, 0.6) is 0 Å². The van der Waals surface area contributed by atoms with Crippen molar-refractivity contribution in [1.82, 2.24) is 15.5 Å². The molecule has 2 heterocycles. The molecule has 1 aromatic rings. The highest BCUT2D eigenvalue weighted by Crippen LogP contribution is 2.20. The first-order chi connectivity index (χ1) is 11.5. The summed E-state index contributed by atoms with van der Waals surface area (Å²) in [6.45, 7) is 6.30. The van der Waals surface area contributed by atoms with Gasteiger partial charge in [0.15, 0.2) is 0 Å². The van der Waals surface area contributed by atoms with Gasteiger partial charge in [0.2, 0.25) is 5.91 Å². The van der Waals surface area contributed by atoms with Gasteiger partial charge in [-0.1, -0.05) is 6.07 Å². The van der Waals surface area contributed by atoms with Crippen LogP contribution in [0.4, 0.5) is 0 Å². The molecule has 1 aromatic carbocycles. The Bertz CT molecular complexity index is 629. The molecule has 5 nitrogen and oxygen atoms in total. The third kappa shape index (κ3) is 3.92. The summed E-state index contributed by atoms with van der Waals surface area (Å²) in [6, 6.07) is 5.67. The van der Waals surface area contributed by atoms with Crippen LogP contribution in [0, 0.1) is 19.8 Å². The fraction of sp³-hybridized carbons (Fsp3) is 0.556. The number of rotatable bonds is 4. The van der Waals surface area contributed by atoms with Gasteiger partial charge in [0.25, 0.3) is 5.91 Å². The normalized spacial score (nSPS) is 23.5. The highest BCUT2D eigenvalue weighted by molar-refractivity contribution is 7.99. The summed E-state index contributed by atoms with van der Waals surface area (Å²) in [5, 5.41) is 6.32. The summed E-state index contributed by atoms with van der Waals surface area (Å²) < 4.78 is 0. The lowest BCUT2D eigenvalue weighted by molar-refractivity contribution is -0.131. The molecule has 0 radical (unpaired) electrons. The Balaban J connectivity index is 1.48. The first-order valence-corrected chi connectivity index (χ1v) is 9.65. The average Bonchev–Trinajstić information content (AvgIpc) is 3.26. The quantitative estimate of drug-likeness (QED) is 0.867. The van der Waals surface area contributed by atoms with Crippen molar-refractivity contribution in [1.29, 1.82) is 0 Å². The van der Waals surface area contributed by atoms with Crippen molar-refractivity contribution in [3.05, 3.63) is 34.9 Å². The Morgan fingerprint density at radius 3 is 2.88 bits per heavy atom. The van der Waals surface area contributed by atoms with E-state index >= 15 is 0 Å². The average molecular weight is 347 g/mol. The molecule has 0 spiro atoms. The van der Waals surface area contributed by atoms with E-state index in [1.165, 1.54) is 5.56 Å². The van der Waals surface area contributed by atoms with Crippen LogP contribution in [0.25, 0.3) is 0 Å². The van der Waals surface area contributed by atoms with Gasteiger partial charge >= 0.3 is 0 Å². The summed E-state index contributed by atoms with van der Waals surface area (Å²) in [7, 11) is 0. The first-order valence-electron chi connectivity index (χ1n) is 8.50. The second kappa shape index (κ2) is 7.57. The third-order valence-corrected chi connectivity index (χ3v) is 5.87. The van der Waals surface area contributed by atoms with Gasteiger partial charge in [-0.2, -0.15) is 0 Å². The minimum atomic E-state index is -0.0905. The number of carbonyl (C=O) groups excluding carboxylic acids is 2. The monoisotopic (exact) mass is 347 g/mol. The topological polar surface area (TPSA) is 61.4 Å². The van der Waals surface area contributed by atoms with Crippen LogP contribution in [-0.2, 0) is 4.79 Å². The van der Waals surface area contributed by atoms with Gasteiger partial charge in [0.05, 0.1) is 11.9 Å². The second-order valence-corrected chi connectivity index (χ2v) is 7.79. The Morgan fingerprint density at radius 2 is 2.17 bits per heavy atom. The highest BCUT2D eigenvalue weighted by Gasteiger charge is 2.33. The van der Waals surface area contributed by atoms with E-state index in [0.29, 0.717) is 18.0 Å². The van der Waals surface area contributed by atoms with E-state index in [0.717, 1.165) is 36.7 Å². The first kappa shape index (κ1) is 17.3. The van der Waals surface area contributed by atoms with Gasteiger partial charge in [0, 0.05) is 31.0 Å². The van der Waals surface area contributed by atoms with Crippen LogP contribution < -0.4 is 10.6 Å². The summed E-state index contributed by atoms with van der Waals surface area (Å²) >= 11 is 1.80. The fourth-order valence-corrected chi connectivity index (χ4v) is 4.14. The van der Waals surface area contributed by atoms with E-state index in [1.54, 1.807) is 11.8 Å². The molecule has 0 aliphatic carbocycles. The molecule has 2 saturated heterocycles. The molecule has 6 heteroatoms. The second-order valence-electron chi connectivity index (χ2n) is 6.71. The molecule has 2 aliphatic heterocycles. The molecule has 0 bridgehead atoms. The summed E-state index contributed by atoms with van der Waals surface area (Å²) in [5.41, 5.74) is 3.01. The number of hydrogen-bond donors (Lipinski definition) is 2. The largest absolute Gasteiger partial charge is 0.352 e. The summed E-state index contributed by atoms with van der Waals surface area (Å²) in [5.74, 6) is 2.33. The van der Waals surface area contributed by atoms with Gasteiger partial charge in [-0.3, -0.25) is 9.59 Å². The number of hydrogen-bond acceptors (Lipinski definition) is 4. The minimum Gasteiger partial charge on any atom is -0.352 e. The van der Waals surface area contributed by atoms with Crippen molar-refractivity contribution in [2.24, 2.45) is 5.92 Å². The van der Waals surface area contributed by atoms with Crippen LogP contribution in [0.15, 0.2) is 18.2 Å². The van der Waals surface area contributed by atoms with E-state index in [9.17, 15) is 9.59 Å². The zero-order valence-electron chi connectivity index (χ0n) is 14.3. The number of nitrogens with zero attached hydrogens (tertiary/aromatic N) is 1. The van der Waals surface area contributed by atoms with Crippen molar-refractivity contribution in [2.75, 3.05) is 31.3 Å². The number of thioether (sulfide) groups is 1. The Hall–Kier alpha value is -1.53. The Labute approximate surface area is 147 Å². The lowest BCUT2D eigenvalue weighted by Gasteiger charge is -2.19. The number of benzene rings is 1. The molecule has 1 unspecified atom stereocenters. The predicted octanol–water partition coefficient (Wildman–Crippen LogP) is 1.54. The van der Waals surface area contributed by atoms with E-state index in [4.69, 9.17) is 0 Å². The van der Waals surface area contributed by atoms with Crippen molar-refractivity contribution in [2.45, 2.75) is 26.3 Å². The van der Waals surface area contributed by atoms with Crippen molar-refractivity contribution in [3.63, 3.8) is 0 Å². The van der Waals surface area contributed by atoms with Gasteiger partial charge in [0.1, 0.15) is 0 Å². The van der Waals surface area contributed by atoms with Crippen LogP contribution in [0.2, 0.25) is 0 Å². The zero-order valence-corrected chi connectivity index (χ0v) is 15.1. The number of aryl methyl sites for hydroxylation is 2. The third-order valence-electron chi connectivity index (χ3n) is 4.90. The van der Waals surface area contributed by atoms with E-state index in [-0.39, 0.29) is 17.9 Å². The van der Waals surface area contributed by atoms with Crippen LogP contribution in [-0.4, -0.2) is 54.0 Å². The molecule has 130 valence electrons. The number of nitrogens with one attached hydrogen (secondary N) is 2. The van der Waals surface area contributed by atoms with Crippen molar-refractivity contribution in [3.8, 4) is 0 Å². The van der Waals surface area contributed by atoms with Gasteiger partial charge in [-0.05, 0) is 49.4 Å². The van der Waals surface area contributed by atoms with Crippen LogP contribution in [0.3, 0.4) is 0 Å². The molecule has 2 N–H and O–H groups in total. The smallest absolute Gasteiger partial charge is 0.251 e. The van der Waals surface area contributed by atoms with Gasteiger partial charge < -0.3 is 15.5 Å². The molecule has 2 fully saturated rings. The molecule has 2 atom stereocenters. The maximum absolute atomic E-state index is 12.4. The van der Waals surface area contributed by atoms with E-state index in [1.807, 2.05) is 36.9 Å². The minimum absolute atomic E-state index is 0.0381. The molecule has 2 amide bonds. The fourth-order valence-electron chi connectivity index (χ4n) is 3.18. The number of carbonyl (C=O) groups is 2. The molecule has 0 aromatic heterocycles. The summed E-state index contributed by atoms with van der Waals surface area (Å²) in [6.07, 6.45) is 0.799. The standard InChI is InChI=1S/C18H25N3O2S/c1-12-3-4-15(7-13(12)2)17(22)20-10-14-8-16(19-9-14)18(23)21-5-6-24-11-21/h3-4,7,14,16,19H,5-6,8-11H2,1-2H3,(H,20,22)/t14?,16-/m0/s1.